The van der Waals surface area contributed by atoms with Gasteiger partial charge in [-0.25, -0.2) is 0 Å². The third kappa shape index (κ3) is 2.94. The Labute approximate surface area is 118 Å². The zero-order chi connectivity index (χ0) is 14.2. The molecule has 0 saturated heterocycles. The zero-order valence-electron chi connectivity index (χ0n) is 13.2. The molecule has 0 heterocycles. The Bertz CT molecular complexity index is 475. The Morgan fingerprint density at radius 3 is 2.05 bits per heavy atom. The van der Waals surface area contributed by atoms with Crippen molar-refractivity contribution >= 4 is 6.08 Å². The molecule has 1 aromatic rings. The molecular weight excluding hydrogens is 228 g/mol. The van der Waals surface area contributed by atoms with Crippen LogP contribution >= 0.6 is 0 Å². The monoisotopic (exact) mass is 255 g/mol. The van der Waals surface area contributed by atoms with Gasteiger partial charge in [0.2, 0.25) is 0 Å². The quantitative estimate of drug-likeness (QED) is 0.637. The van der Waals surface area contributed by atoms with Gasteiger partial charge in [0.15, 0.2) is 0 Å². The molecule has 0 amide bonds. The average Bonchev–Trinajstić information content (AvgIpc) is 2.36. The maximum absolute atomic E-state index is 2.43. The summed E-state index contributed by atoms with van der Waals surface area (Å²) in [7, 11) is 0. The van der Waals surface area contributed by atoms with Gasteiger partial charge in [0, 0.05) is 5.92 Å². The fourth-order valence-electron chi connectivity index (χ4n) is 2.80. The summed E-state index contributed by atoms with van der Waals surface area (Å²) in [5.74, 6) is 3.48. The first-order valence-corrected chi connectivity index (χ1v) is 7.60. The predicted octanol–water partition coefficient (Wildman–Crippen LogP) is 5.83. The Kier molecular flexibility index (Phi) is 4.18. The largest absolute Gasteiger partial charge is 0.0661 e. The number of allylic oxidation sites excluding steroid dienone is 1. The van der Waals surface area contributed by atoms with E-state index in [0.717, 1.165) is 6.42 Å². The topological polar surface area (TPSA) is 0 Å². The fourth-order valence-corrected chi connectivity index (χ4v) is 2.80. The molecule has 0 spiro atoms. The maximum atomic E-state index is 2.43. The molecule has 1 aliphatic rings. The summed E-state index contributed by atoms with van der Waals surface area (Å²) in [5.41, 5.74) is 5.94. The summed E-state index contributed by atoms with van der Waals surface area (Å²) in [6.45, 7) is 13.8. The van der Waals surface area contributed by atoms with Crippen molar-refractivity contribution < 1.29 is 0 Å². The third-order valence-electron chi connectivity index (χ3n) is 4.26. The first-order chi connectivity index (χ1) is 8.90. The van der Waals surface area contributed by atoms with Crippen LogP contribution < -0.4 is 0 Å². The van der Waals surface area contributed by atoms with Gasteiger partial charge in [-0.2, -0.15) is 0 Å². The van der Waals surface area contributed by atoms with Gasteiger partial charge in [-0.05, 0) is 40.9 Å². The lowest BCUT2D eigenvalue weighted by atomic mass is 9.74. The van der Waals surface area contributed by atoms with Gasteiger partial charge in [-0.15, -0.1) is 0 Å². The molecule has 19 heavy (non-hydrogen) atoms. The highest BCUT2D eigenvalue weighted by molar-refractivity contribution is 5.66. The molecule has 0 N–H and O–H groups in total. The molecule has 1 aliphatic carbocycles. The summed E-state index contributed by atoms with van der Waals surface area (Å²) < 4.78 is 0. The second kappa shape index (κ2) is 5.53. The lowest BCUT2D eigenvalue weighted by Gasteiger charge is -2.30. The van der Waals surface area contributed by atoms with Crippen molar-refractivity contribution in [1.29, 1.82) is 0 Å². The molecule has 0 atom stereocenters. The van der Waals surface area contributed by atoms with Gasteiger partial charge >= 0.3 is 0 Å². The number of hydrogen-bond donors (Lipinski definition) is 0. The van der Waals surface area contributed by atoms with Crippen LogP contribution in [0.1, 0.15) is 70.6 Å². The molecule has 0 unspecified atom stereocenters. The van der Waals surface area contributed by atoms with E-state index in [-0.39, 0.29) is 0 Å². The molecule has 0 fully saturated rings. The van der Waals surface area contributed by atoms with Crippen molar-refractivity contribution in [2.45, 2.75) is 53.9 Å². The lowest BCUT2D eigenvalue weighted by molar-refractivity contribution is 0.616. The van der Waals surface area contributed by atoms with E-state index in [2.05, 4.69) is 65.8 Å². The van der Waals surface area contributed by atoms with E-state index in [0.29, 0.717) is 17.8 Å². The van der Waals surface area contributed by atoms with Crippen LogP contribution in [0.4, 0.5) is 0 Å². The number of fused-ring (bicyclic) bond motifs is 1. The van der Waals surface area contributed by atoms with Crippen LogP contribution in [0, 0.1) is 17.8 Å². The van der Waals surface area contributed by atoms with Gasteiger partial charge in [-0.3, -0.25) is 0 Å². The minimum Gasteiger partial charge on any atom is -0.0661 e. The van der Waals surface area contributed by atoms with Crippen molar-refractivity contribution in [2.24, 2.45) is 11.8 Å². The second-order valence-corrected chi connectivity index (χ2v) is 6.73. The van der Waals surface area contributed by atoms with Crippen molar-refractivity contribution in [3.05, 3.63) is 46.4 Å². The van der Waals surface area contributed by atoms with Crippen LogP contribution in [-0.2, 0) is 0 Å². The van der Waals surface area contributed by atoms with E-state index in [1.54, 1.807) is 11.5 Å². The van der Waals surface area contributed by atoms with E-state index in [9.17, 15) is 0 Å². The fraction of sp³-hybridized carbons (Fsp3) is 0.526. The van der Waals surface area contributed by atoms with Gasteiger partial charge in [0.25, 0.3) is 0 Å². The maximum Gasteiger partial charge on any atom is 0.0122 e. The SMILES string of the molecule is CC(C)[C]1CC(C(C)C)=Cc2cc(C(C)C)ccc21. The Balaban J connectivity index is 2.50. The van der Waals surface area contributed by atoms with E-state index >= 15 is 0 Å². The molecule has 103 valence electrons. The van der Waals surface area contributed by atoms with E-state index in [1.807, 2.05) is 0 Å². The molecule has 0 bridgehead atoms. The highest BCUT2D eigenvalue weighted by Crippen LogP contribution is 2.40. The number of benzene rings is 1. The summed E-state index contributed by atoms with van der Waals surface area (Å²) in [5, 5.41) is 0. The minimum atomic E-state index is 0.602. The summed E-state index contributed by atoms with van der Waals surface area (Å²) in [4.78, 5) is 0. The van der Waals surface area contributed by atoms with Crippen LogP contribution in [0.2, 0.25) is 0 Å². The molecule has 0 nitrogen and oxygen atoms in total. The van der Waals surface area contributed by atoms with E-state index in [1.165, 1.54) is 16.7 Å². The molecule has 1 aromatic carbocycles. The molecule has 1 radical (unpaired) electrons. The second-order valence-electron chi connectivity index (χ2n) is 6.73. The Hall–Kier alpha value is -1.04. The zero-order valence-corrected chi connectivity index (χ0v) is 13.2. The van der Waals surface area contributed by atoms with E-state index in [4.69, 9.17) is 0 Å². The van der Waals surface area contributed by atoms with Crippen LogP contribution in [0.5, 0.6) is 0 Å². The van der Waals surface area contributed by atoms with Gasteiger partial charge in [0.05, 0.1) is 0 Å². The van der Waals surface area contributed by atoms with Crippen molar-refractivity contribution in [3.8, 4) is 0 Å². The van der Waals surface area contributed by atoms with Crippen molar-refractivity contribution in [2.75, 3.05) is 0 Å². The van der Waals surface area contributed by atoms with Crippen LogP contribution in [-0.4, -0.2) is 0 Å². The standard InChI is InChI=1S/C19H27/c1-12(2)15-7-8-18-17(9-15)10-16(13(3)4)11-19(18)14(5)6/h7-10,12-14H,11H2,1-6H3. The van der Waals surface area contributed by atoms with Crippen LogP contribution in [0.15, 0.2) is 23.8 Å². The highest BCUT2D eigenvalue weighted by Gasteiger charge is 2.25. The van der Waals surface area contributed by atoms with Gasteiger partial charge in [0.1, 0.15) is 0 Å². The van der Waals surface area contributed by atoms with Gasteiger partial charge < -0.3 is 0 Å². The van der Waals surface area contributed by atoms with Crippen LogP contribution in [0.3, 0.4) is 0 Å². The number of hydrogen-bond acceptors (Lipinski definition) is 0. The highest BCUT2D eigenvalue weighted by atomic mass is 14.3. The summed E-state index contributed by atoms with van der Waals surface area (Å²) in [6.07, 6.45) is 3.58. The number of rotatable bonds is 3. The average molecular weight is 255 g/mol. The van der Waals surface area contributed by atoms with Crippen LogP contribution in [0.25, 0.3) is 6.08 Å². The smallest absolute Gasteiger partial charge is 0.0122 e. The molecular formula is C19H27. The Morgan fingerprint density at radius 1 is 0.842 bits per heavy atom. The molecule has 0 aliphatic heterocycles. The van der Waals surface area contributed by atoms with Gasteiger partial charge in [-0.1, -0.05) is 71.4 Å². The Morgan fingerprint density at radius 2 is 1.53 bits per heavy atom. The first kappa shape index (κ1) is 14.4. The predicted molar refractivity (Wildman–Crippen MR) is 85.1 cm³/mol. The normalized spacial score (nSPS) is 16.2. The minimum absolute atomic E-state index is 0.602. The van der Waals surface area contributed by atoms with Crippen molar-refractivity contribution in [1.82, 2.24) is 0 Å². The lowest BCUT2D eigenvalue weighted by Crippen LogP contribution is -2.16. The molecule has 0 saturated carbocycles. The molecule has 0 heteroatoms. The molecule has 0 aromatic heterocycles. The first-order valence-electron chi connectivity index (χ1n) is 7.60. The summed E-state index contributed by atoms with van der Waals surface area (Å²) in [6, 6.07) is 7.04. The summed E-state index contributed by atoms with van der Waals surface area (Å²) >= 11 is 0. The third-order valence-corrected chi connectivity index (χ3v) is 4.26. The molecule has 2 rings (SSSR count). The van der Waals surface area contributed by atoms with E-state index < -0.39 is 0 Å². The van der Waals surface area contributed by atoms with Crippen molar-refractivity contribution in [3.63, 3.8) is 0 Å².